The summed E-state index contributed by atoms with van der Waals surface area (Å²) in [5.74, 6) is 2.39. The first-order valence-corrected chi connectivity index (χ1v) is 9.19. The van der Waals surface area contributed by atoms with Gasteiger partial charge in [0.15, 0.2) is 17.5 Å². The van der Waals surface area contributed by atoms with Crippen LogP contribution in [0, 0.1) is 0 Å². The first-order chi connectivity index (χ1) is 13.2. The van der Waals surface area contributed by atoms with Crippen molar-refractivity contribution in [3.05, 3.63) is 59.7 Å². The fourth-order valence-corrected chi connectivity index (χ4v) is 3.00. The SMILES string of the molecule is CN=C(NCc1ccc2c(c1)OCO2)NCC(Cc1ccccc1)N(C)C.I. The molecule has 7 heteroatoms. The van der Waals surface area contributed by atoms with Gasteiger partial charge in [-0.2, -0.15) is 0 Å². The summed E-state index contributed by atoms with van der Waals surface area (Å²) in [7, 11) is 6.01. The van der Waals surface area contributed by atoms with Crippen LogP contribution < -0.4 is 20.1 Å². The molecule has 2 aromatic carbocycles. The Morgan fingerprint density at radius 3 is 2.50 bits per heavy atom. The highest BCUT2D eigenvalue weighted by Gasteiger charge is 2.14. The van der Waals surface area contributed by atoms with Crippen LogP contribution in [0.3, 0.4) is 0 Å². The molecule has 0 fully saturated rings. The lowest BCUT2D eigenvalue weighted by molar-refractivity contribution is 0.174. The summed E-state index contributed by atoms with van der Waals surface area (Å²) in [5, 5.41) is 6.79. The van der Waals surface area contributed by atoms with Crippen molar-refractivity contribution in [3.63, 3.8) is 0 Å². The number of hydrogen-bond acceptors (Lipinski definition) is 4. The van der Waals surface area contributed by atoms with Crippen LogP contribution in [0.25, 0.3) is 0 Å². The molecule has 0 spiro atoms. The fourth-order valence-electron chi connectivity index (χ4n) is 3.00. The third kappa shape index (κ3) is 6.27. The number of nitrogens with one attached hydrogen (secondary N) is 2. The van der Waals surface area contributed by atoms with E-state index in [-0.39, 0.29) is 24.0 Å². The molecule has 1 atom stereocenters. The average molecular weight is 496 g/mol. The molecule has 1 heterocycles. The van der Waals surface area contributed by atoms with Gasteiger partial charge in [-0.25, -0.2) is 0 Å². The van der Waals surface area contributed by atoms with Crippen molar-refractivity contribution in [3.8, 4) is 11.5 Å². The van der Waals surface area contributed by atoms with Gasteiger partial charge in [-0.15, -0.1) is 24.0 Å². The predicted octanol–water partition coefficient (Wildman–Crippen LogP) is 2.87. The Kier molecular flexibility index (Phi) is 8.85. The quantitative estimate of drug-likeness (QED) is 0.351. The van der Waals surface area contributed by atoms with Crippen LogP contribution >= 0.6 is 24.0 Å². The number of fused-ring (bicyclic) bond motifs is 1. The van der Waals surface area contributed by atoms with Crippen LogP contribution in [0.1, 0.15) is 11.1 Å². The molecule has 0 amide bonds. The standard InChI is InChI=1S/C21H28N4O2.HI/c1-22-21(23-13-17-9-10-19-20(12-17)27-15-26-19)24-14-18(25(2)3)11-16-7-5-4-6-8-16;/h4-10,12,18H,11,13-15H2,1-3H3,(H2,22,23,24);1H. The van der Waals surface area contributed by atoms with E-state index < -0.39 is 0 Å². The molecule has 28 heavy (non-hydrogen) atoms. The summed E-state index contributed by atoms with van der Waals surface area (Å²) in [4.78, 5) is 6.58. The summed E-state index contributed by atoms with van der Waals surface area (Å²) < 4.78 is 10.8. The van der Waals surface area contributed by atoms with Gasteiger partial charge in [0, 0.05) is 26.2 Å². The average Bonchev–Trinajstić information content (AvgIpc) is 3.15. The molecule has 2 N–H and O–H groups in total. The Hall–Kier alpha value is -2.00. The first kappa shape index (κ1) is 22.3. The molecule has 0 aromatic heterocycles. The van der Waals surface area contributed by atoms with Crippen LogP contribution in [0.2, 0.25) is 0 Å². The minimum absolute atomic E-state index is 0. The number of guanidine groups is 1. The second-order valence-electron chi connectivity index (χ2n) is 6.80. The molecule has 3 rings (SSSR count). The molecule has 1 unspecified atom stereocenters. The Morgan fingerprint density at radius 2 is 1.79 bits per heavy atom. The minimum atomic E-state index is 0. The largest absolute Gasteiger partial charge is 0.454 e. The Balaban J connectivity index is 0.00000280. The molecule has 0 radical (unpaired) electrons. The van der Waals surface area contributed by atoms with Crippen molar-refractivity contribution in [1.82, 2.24) is 15.5 Å². The van der Waals surface area contributed by atoms with E-state index in [0.29, 0.717) is 19.4 Å². The minimum Gasteiger partial charge on any atom is -0.454 e. The first-order valence-electron chi connectivity index (χ1n) is 9.19. The maximum absolute atomic E-state index is 5.43. The van der Waals surface area contributed by atoms with Crippen molar-refractivity contribution in [2.45, 2.75) is 19.0 Å². The molecule has 2 aromatic rings. The van der Waals surface area contributed by atoms with E-state index in [2.05, 4.69) is 58.9 Å². The number of hydrogen-bond donors (Lipinski definition) is 2. The van der Waals surface area contributed by atoms with Crippen LogP contribution in [0.4, 0.5) is 0 Å². The van der Waals surface area contributed by atoms with Crippen molar-refractivity contribution < 1.29 is 9.47 Å². The molecule has 1 aliphatic rings. The number of halogens is 1. The van der Waals surface area contributed by atoms with Gasteiger partial charge >= 0.3 is 0 Å². The zero-order valence-corrected chi connectivity index (χ0v) is 19.0. The van der Waals surface area contributed by atoms with Gasteiger partial charge in [0.25, 0.3) is 0 Å². The van der Waals surface area contributed by atoms with Crippen molar-refractivity contribution in [1.29, 1.82) is 0 Å². The molecule has 152 valence electrons. The van der Waals surface area contributed by atoms with E-state index in [9.17, 15) is 0 Å². The van der Waals surface area contributed by atoms with Gasteiger partial charge in [0.05, 0.1) is 0 Å². The maximum atomic E-state index is 5.43. The Morgan fingerprint density at radius 1 is 1.04 bits per heavy atom. The Labute approximate surface area is 184 Å². The lowest BCUT2D eigenvalue weighted by Gasteiger charge is -2.25. The van der Waals surface area contributed by atoms with E-state index in [1.807, 2.05) is 24.3 Å². The normalized spacial score (nSPS) is 13.8. The molecule has 0 saturated carbocycles. The molecule has 0 saturated heterocycles. The van der Waals surface area contributed by atoms with E-state index in [0.717, 1.165) is 36.0 Å². The highest BCUT2D eigenvalue weighted by atomic mass is 127. The predicted molar refractivity (Wildman–Crippen MR) is 124 cm³/mol. The van der Waals surface area contributed by atoms with Crippen molar-refractivity contribution >= 4 is 29.9 Å². The second-order valence-corrected chi connectivity index (χ2v) is 6.80. The number of benzene rings is 2. The summed E-state index contributed by atoms with van der Waals surface area (Å²) >= 11 is 0. The number of rotatable bonds is 7. The number of aliphatic imine (C=N–C) groups is 1. The second kappa shape index (κ2) is 11.1. The van der Waals surface area contributed by atoms with Gasteiger partial charge in [0.1, 0.15) is 0 Å². The van der Waals surface area contributed by atoms with Crippen LogP contribution in [-0.4, -0.2) is 51.4 Å². The van der Waals surface area contributed by atoms with E-state index in [1.54, 1.807) is 7.05 Å². The summed E-state index contributed by atoms with van der Waals surface area (Å²) in [6.45, 7) is 1.77. The van der Waals surface area contributed by atoms with Gasteiger partial charge in [0.2, 0.25) is 6.79 Å². The van der Waals surface area contributed by atoms with Gasteiger partial charge in [-0.3, -0.25) is 4.99 Å². The molecule has 0 bridgehead atoms. The van der Waals surface area contributed by atoms with Crippen LogP contribution in [0.5, 0.6) is 11.5 Å². The van der Waals surface area contributed by atoms with Crippen molar-refractivity contribution in [2.24, 2.45) is 4.99 Å². The smallest absolute Gasteiger partial charge is 0.231 e. The van der Waals surface area contributed by atoms with E-state index >= 15 is 0 Å². The molecular formula is C21H29IN4O2. The lowest BCUT2D eigenvalue weighted by atomic mass is 10.1. The van der Waals surface area contributed by atoms with Gasteiger partial charge in [-0.05, 0) is 43.8 Å². The Bertz CT molecular complexity index is 768. The fraction of sp³-hybridized carbons (Fsp3) is 0.381. The number of ether oxygens (including phenoxy) is 2. The van der Waals surface area contributed by atoms with Gasteiger partial charge in [-0.1, -0.05) is 36.4 Å². The summed E-state index contributed by atoms with van der Waals surface area (Å²) in [5.41, 5.74) is 2.46. The van der Waals surface area contributed by atoms with Crippen molar-refractivity contribution in [2.75, 3.05) is 34.5 Å². The third-order valence-corrected chi connectivity index (χ3v) is 4.67. The van der Waals surface area contributed by atoms with Gasteiger partial charge < -0.3 is 25.0 Å². The highest BCUT2D eigenvalue weighted by molar-refractivity contribution is 14.0. The molecule has 0 aliphatic carbocycles. The molecule has 6 nitrogen and oxygen atoms in total. The topological polar surface area (TPSA) is 58.1 Å². The van der Waals surface area contributed by atoms with Crippen LogP contribution in [-0.2, 0) is 13.0 Å². The monoisotopic (exact) mass is 496 g/mol. The number of likely N-dealkylation sites (N-methyl/N-ethyl adjacent to an activating group) is 1. The number of nitrogens with zero attached hydrogens (tertiary/aromatic N) is 2. The summed E-state index contributed by atoms with van der Waals surface area (Å²) in [6.07, 6.45) is 0.986. The lowest BCUT2D eigenvalue weighted by Crippen LogP contribution is -2.45. The third-order valence-electron chi connectivity index (χ3n) is 4.67. The van der Waals surface area contributed by atoms with E-state index in [1.165, 1.54) is 5.56 Å². The zero-order chi connectivity index (χ0) is 19.1. The van der Waals surface area contributed by atoms with E-state index in [4.69, 9.17) is 9.47 Å². The van der Waals surface area contributed by atoms with Crippen LogP contribution in [0.15, 0.2) is 53.5 Å². The zero-order valence-electron chi connectivity index (χ0n) is 16.6. The maximum Gasteiger partial charge on any atom is 0.231 e. The highest BCUT2D eigenvalue weighted by Crippen LogP contribution is 2.32. The molecular weight excluding hydrogens is 467 g/mol. The molecule has 1 aliphatic heterocycles. The summed E-state index contributed by atoms with van der Waals surface area (Å²) in [6, 6.07) is 16.9.